The van der Waals surface area contributed by atoms with Crippen LogP contribution in [0.15, 0.2) is 61.2 Å². The fraction of sp³-hybridized carbons (Fsp3) is 0.333. The summed E-state index contributed by atoms with van der Waals surface area (Å²) >= 11 is 0. The monoisotopic (exact) mass is 324 g/mol. The molecule has 0 spiro atoms. The second-order valence-electron chi connectivity index (χ2n) is 7.59. The molecule has 0 heterocycles. The molecule has 0 N–H and O–H groups in total. The fourth-order valence-corrected chi connectivity index (χ4v) is 3.10. The zero-order valence-electron chi connectivity index (χ0n) is 15.0. The first-order chi connectivity index (χ1) is 10.7. The zero-order valence-corrected chi connectivity index (χ0v) is 16.0. The Morgan fingerprint density at radius 3 is 2.17 bits per heavy atom. The van der Waals surface area contributed by atoms with Gasteiger partial charge in [0.15, 0.2) is 8.32 Å². The Bertz CT molecular complexity index is 666. The van der Waals surface area contributed by atoms with Crippen LogP contribution in [0.3, 0.4) is 0 Å². The van der Waals surface area contributed by atoms with Crippen molar-refractivity contribution in [1.82, 2.24) is 0 Å². The summed E-state index contributed by atoms with van der Waals surface area (Å²) in [5.74, 6) is 0. The Labute approximate surface area is 142 Å². The van der Waals surface area contributed by atoms with E-state index in [1.807, 2.05) is 18.2 Å². The third-order valence-corrected chi connectivity index (χ3v) is 9.28. The van der Waals surface area contributed by atoms with Crippen molar-refractivity contribution in [3.63, 3.8) is 0 Å². The van der Waals surface area contributed by atoms with Gasteiger partial charge in [0.1, 0.15) is 0 Å². The standard InChI is InChI=1S/C21H28OSi/c1-17(19-12-8-7-9-13-19)20-14-10-11-18(15-20)16-22-23(5,6)21(2,3)4/h7-15H,1,16H2,2-6H3. The van der Waals surface area contributed by atoms with E-state index in [4.69, 9.17) is 4.43 Å². The normalized spacial score (nSPS) is 12.2. The topological polar surface area (TPSA) is 9.23 Å². The van der Waals surface area contributed by atoms with E-state index in [9.17, 15) is 0 Å². The minimum Gasteiger partial charge on any atom is -0.413 e. The average molecular weight is 325 g/mol. The lowest BCUT2D eigenvalue weighted by Gasteiger charge is -2.36. The van der Waals surface area contributed by atoms with Gasteiger partial charge in [-0.25, -0.2) is 0 Å². The van der Waals surface area contributed by atoms with E-state index in [1.54, 1.807) is 0 Å². The van der Waals surface area contributed by atoms with Gasteiger partial charge in [-0.2, -0.15) is 0 Å². The first-order valence-corrected chi connectivity index (χ1v) is 11.1. The molecule has 0 aliphatic rings. The van der Waals surface area contributed by atoms with Crippen LogP contribution in [0.4, 0.5) is 0 Å². The predicted octanol–water partition coefficient (Wildman–Crippen LogP) is 6.27. The molecule has 122 valence electrons. The minimum absolute atomic E-state index is 0.234. The van der Waals surface area contributed by atoms with Gasteiger partial charge in [0.2, 0.25) is 0 Å². The smallest absolute Gasteiger partial charge is 0.192 e. The van der Waals surface area contributed by atoms with E-state index in [1.165, 1.54) is 5.56 Å². The van der Waals surface area contributed by atoms with Crippen LogP contribution in [-0.2, 0) is 11.0 Å². The largest absolute Gasteiger partial charge is 0.413 e. The van der Waals surface area contributed by atoms with Crippen LogP contribution in [0.5, 0.6) is 0 Å². The molecule has 0 aliphatic carbocycles. The third-order valence-electron chi connectivity index (χ3n) is 4.80. The highest BCUT2D eigenvalue weighted by Crippen LogP contribution is 2.37. The van der Waals surface area contributed by atoms with E-state index in [-0.39, 0.29) is 5.04 Å². The summed E-state index contributed by atoms with van der Waals surface area (Å²) in [7, 11) is -1.72. The number of rotatable bonds is 5. The van der Waals surface area contributed by atoms with Gasteiger partial charge in [0, 0.05) is 0 Å². The molecule has 0 atom stereocenters. The maximum Gasteiger partial charge on any atom is 0.192 e. The van der Waals surface area contributed by atoms with Crippen molar-refractivity contribution >= 4 is 13.9 Å². The second kappa shape index (κ2) is 6.86. The van der Waals surface area contributed by atoms with E-state index >= 15 is 0 Å². The summed E-state index contributed by atoms with van der Waals surface area (Å²) in [6.45, 7) is 16.3. The van der Waals surface area contributed by atoms with Gasteiger partial charge >= 0.3 is 0 Å². The lowest BCUT2D eigenvalue weighted by molar-refractivity contribution is 0.276. The Morgan fingerprint density at radius 2 is 1.57 bits per heavy atom. The van der Waals surface area contributed by atoms with Gasteiger partial charge in [-0.15, -0.1) is 0 Å². The predicted molar refractivity (Wildman–Crippen MR) is 103 cm³/mol. The van der Waals surface area contributed by atoms with E-state index in [0.29, 0.717) is 6.61 Å². The van der Waals surface area contributed by atoms with Crippen molar-refractivity contribution in [3.05, 3.63) is 77.9 Å². The molecule has 0 bridgehead atoms. The summed E-state index contributed by atoms with van der Waals surface area (Å²) in [6.07, 6.45) is 0. The van der Waals surface area contributed by atoms with Crippen LogP contribution in [0.25, 0.3) is 5.57 Å². The van der Waals surface area contributed by atoms with Gasteiger partial charge in [0.05, 0.1) is 6.61 Å². The first-order valence-electron chi connectivity index (χ1n) is 8.18. The SMILES string of the molecule is C=C(c1ccccc1)c1cccc(CO[Si](C)(C)C(C)(C)C)c1. The van der Waals surface area contributed by atoms with Crippen LogP contribution in [-0.4, -0.2) is 8.32 Å². The summed E-state index contributed by atoms with van der Waals surface area (Å²) in [5.41, 5.74) is 4.59. The highest BCUT2D eigenvalue weighted by molar-refractivity contribution is 6.74. The molecule has 0 saturated heterocycles. The number of hydrogen-bond donors (Lipinski definition) is 0. The lowest BCUT2D eigenvalue weighted by atomic mass is 9.98. The summed E-state index contributed by atoms with van der Waals surface area (Å²) < 4.78 is 6.33. The molecular weight excluding hydrogens is 296 g/mol. The van der Waals surface area contributed by atoms with Crippen LogP contribution in [0, 0.1) is 0 Å². The Kier molecular flexibility index (Phi) is 5.28. The molecule has 1 nitrogen and oxygen atoms in total. The second-order valence-corrected chi connectivity index (χ2v) is 12.4. The van der Waals surface area contributed by atoms with Crippen molar-refractivity contribution in [2.75, 3.05) is 0 Å². The van der Waals surface area contributed by atoms with Gasteiger partial charge in [-0.3, -0.25) is 0 Å². The average Bonchev–Trinajstić information content (AvgIpc) is 2.52. The Hall–Kier alpha value is -1.64. The summed E-state index contributed by atoms with van der Waals surface area (Å²) in [5, 5.41) is 0.234. The molecule has 0 saturated carbocycles. The van der Waals surface area contributed by atoms with E-state index in [2.05, 4.69) is 76.8 Å². The molecule has 2 aromatic rings. The quantitative estimate of drug-likeness (QED) is 0.589. The van der Waals surface area contributed by atoms with Crippen LogP contribution in [0.1, 0.15) is 37.5 Å². The molecule has 0 aliphatic heterocycles. The van der Waals surface area contributed by atoms with Crippen molar-refractivity contribution in [1.29, 1.82) is 0 Å². The molecule has 2 aromatic carbocycles. The molecule has 23 heavy (non-hydrogen) atoms. The molecule has 0 aromatic heterocycles. The lowest BCUT2D eigenvalue weighted by Crippen LogP contribution is -2.40. The molecule has 2 rings (SSSR count). The molecule has 0 unspecified atom stereocenters. The third kappa shape index (κ3) is 4.43. The molecule has 0 fully saturated rings. The first kappa shape index (κ1) is 17.7. The van der Waals surface area contributed by atoms with Crippen molar-refractivity contribution < 1.29 is 4.43 Å². The van der Waals surface area contributed by atoms with Gasteiger partial charge in [-0.1, -0.05) is 75.9 Å². The zero-order chi connectivity index (χ0) is 17.1. The maximum atomic E-state index is 6.33. The number of hydrogen-bond acceptors (Lipinski definition) is 1. The van der Waals surface area contributed by atoms with Crippen molar-refractivity contribution in [2.24, 2.45) is 0 Å². The highest BCUT2D eigenvalue weighted by atomic mass is 28.4. The molecule has 2 heteroatoms. The van der Waals surface area contributed by atoms with Crippen molar-refractivity contribution in [2.45, 2.75) is 45.5 Å². The van der Waals surface area contributed by atoms with Crippen molar-refractivity contribution in [3.8, 4) is 0 Å². The molecule has 0 amide bonds. The van der Waals surface area contributed by atoms with Crippen LogP contribution in [0.2, 0.25) is 18.1 Å². The molecular formula is C21H28OSi. The van der Waals surface area contributed by atoms with Crippen LogP contribution >= 0.6 is 0 Å². The number of benzene rings is 2. The van der Waals surface area contributed by atoms with Gasteiger partial charge < -0.3 is 4.43 Å². The summed E-state index contributed by atoms with van der Waals surface area (Å²) in [6, 6.07) is 18.9. The molecule has 0 radical (unpaired) electrons. The van der Waals surface area contributed by atoms with Crippen LogP contribution < -0.4 is 0 Å². The Balaban J connectivity index is 2.13. The maximum absolute atomic E-state index is 6.33. The van der Waals surface area contributed by atoms with Gasteiger partial charge in [0.25, 0.3) is 0 Å². The highest BCUT2D eigenvalue weighted by Gasteiger charge is 2.36. The Morgan fingerprint density at radius 1 is 0.957 bits per heavy atom. The fourth-order valence-electron chi connectivity index (χ4n) is 2.14. The van der Waals surface area contributed by atoms with E-state index < -0.39 is 8.32 Å². The summed E-state index contributed by atoms with van der Waals surface area (Å²) in [4.78, 5) is 0. The van der Waals surface area contributed by atoms with Gasteiger partial charge in [-0.05, 0) is 46.5 Å². The van der Waals surface area contributed by atoms with E-state index in [0.717, 1.165) is 16.7 Å². The minimum atomic E-state index is -1.72.